The quantitative estimate of drug-likeness (QED) is 0.500. The van der Waals surface area contributed by atoms with Gasteiger partial charge in [0.25, 0.3) is 0 Å². The van der Waals surface area contributed by atoms with E-state index >= 15 is 0 Å². The average Bonchev–Trinajstić information content (AvgIpc) is 2.44. The van der Waals surface area contributed by atoms with Crippen LogP contribution in [0, 0.1) is 5.41 Å². The van der Waals surface area contributed by atoms with Crippen molar-refractivity contribution in [3.8, 4) is 0 Å². The molecule has 0 bridgehead atoms. The normalized spacial score (nSPS) is 16.1. The van der Waals surface area contributed by atoms with E-state index in [1.54, 1.807) is 14.2 Å². The fourth-order valence-corrected chi connectivity index (χ4v) is 2.89. The summed E-state index contributed by atoms with van der Waals surface area (Å²) >= 11 is 0. The van der Waals surface area contributed by atoms with Crippen LogP contribution >= 0.6 is 0 Å². The molecule has 128 valence electrons. The zero-order valence-electron chi connectivity index (χ0n) is 15.2. The Kier molecular flexibility index (Phi) is 12.3. The molecule has 0 radical (unpaired) electrons. The Bertz CT molecular complexity index is 239. The molecule has 0 aromatic carbocycles. The zero-order chi connectivity index (χ0) is 16.1. The summed E-state index contributed by atoms with van der Waals surface area (Å²) in [6.45, 7) is 14.9. The van der Waals surface area contributed by atoms with Crippen LogP contribution in [0.5, 0.6) is 0 Å². The first-order chi connectivity index (χ1) is 10.0. The van der Waals surface area contributed by atoms with Crippen molar-refractivity contribution in [2.24, 2.45) is 5.41 Å². The second-order valence-electron chi connectivity index (χ2n) is 6.51. The van der Waals surface area contributed by atoms with Gasteiger partial charge in [0.1, 0.15) is 0 Å². The first kappa shape index (κ1) is 20.8. The monoisotopic (exact) mass is 302 g/mol. The minimum absolute atomic E-state index is 0.305. The van der Waals surface area contributed by atoms with E-state index in [1.807, 2.05) is 0 Å². The van der Waals surface area contributed by atoms with Crippen LogP contribution in [-0.2, 0) is 9.47 Å². The molecule has 4 nitrogen and oxygen atoms in total. The Hall–Kier alpha value is -0.160. The van der Waals surface area contributed by atoms with Gasteiger partial charge in [-0.25, -0.2) is 0 Å². The van der Waals surface area contributed by atoms with Crippen molar-refractivity contribution in [2.45, 2.75) is 53.0 Å². The van der Waals surface area contributed by atoms with Crippen LogP contribution in [0.2, 0.25) is 0 Å². The summed E-state index contributed by atoms with van der Waals surface area (Å²) in [5.41, 5.74) is 0.305. The predicted molar refractivity (Wildman–Crippen MR) is 91.0 cm³/mol. The molecule has 2 atom stereocenters. The average molecular weight is 303 g/mol. The van der Waals surface area contributed by atoms with Crippen molar-refractivity contribution < 1.29 is 9.47 Å². The third-order valence-corrected chi connectivity index (χ3v) is 4.03. The van der Waals surface area contributed by atoms with E-state index < -0.39 is 0 Å². The second-order valence-corrected chi connectivity index (χ2v) is 6.51. The van der Waals surface area contributed by atoms with Crippen LogP contribution in [0.15, 0.2) is 0 Å². The van der Waals surface area contributed by atoms with Gasteiger partial charge in [-0.05, 0) is 31.7 Å². The Morgan fingerprint density at radius 2 is 1.86 bits per heavy atom. The van der Waals surface area contributed by atoms with Crippen molar-refractivity contribution in [3.63, 3.8) is 0 Å². The predicted octanol–water partition coefficient (Wildman–Crippen LogP) is 2.78. The van der Waals surface area contributed by atoms with Gasteiger partial charge in [-0.3, -0.25) is 4.90 Å². The highest BCUT2D eigenvalue weighted by molar-refractivity contribution is 4.83. The Balaban J connectivity index is 4.67. The molecule has 0 fully saturated rings. The number of nitrogens with one attached hydrogen (secondary N) is 1. The highest BCUT2D eigenvalue weighted by atomic mass is 16.5. The molecule has 0 amide bonds. The molecular weight excluding hydrogens is 264 g/mol. The second kappa shape index (κ2) is 12.4. The molecule has 0 rings (SSSR count). The molecule has 4 heteroatoms. The molecule has 0 heterocycles. The molecule has 1 N–H and O–H groups in total. The Labute approximate surface area is 132 Å². The Morgan fingerprint density at radius 3 is 2.38 bits per heavy atom. The lowest BCUT2D eigenvalue weighted by Gasteiger charge is -2.38. The Morgan fingerprint density at radius 1 is 1.14 bits per heavy atom. The maximum absolute atomic E-state index is 5.34. The lowest BCUT2D eigenvalue weighted by atomic mass is 9.84. The molecule has 0 saturated carbocycles. The number of hydrogen-bond donors (Lipinski definition) is 1. The van der Waals surface area contributed by atoms with Crippen LogP contribution < -0.4 is 5.32 Å². The number of rotatable bonds is 14. The summed E-state index contributed by atoms with van der Waals surface area (Å²) in [5.74, 6) is 0. The molecule has 0 aliphatic carbocycles. The lowest BCUT2D eigenvalue weighted by Crippen LogP contribution is -2.48. The van der Waals surface area contributed by atoms with Gasteiger partial charge in [-0.1, -0.05) is 27.2 Å². The van der Waals surface area contributed by atoms with Gasteiger partial charge in [-0.15, -0.1) is 0 Å². The minimum Gasteiger partial charge on any atom is -0.383 e. The molecule has 0 aliphatic rings. The third-order valence-electron chi connectivity index (χ3n) is 4.03. The molecule has 0 aliphatic heterocycles. The maximum Gasteiger partial charge on any atom is 0.0615 e. The van der Waals surface area contributed by atoms with Crippen LogP contribution in [0.4, 0.5) is 0 Å². The fraction of sp³-hybridized carbons (Fsp3) is 1.00. The minimum atomic E-state index is 0.305. The van der Waals surface area contributed by atoms with Gasteiger partial charge in [0.2, 0.25) is 0 Å². The van der Waals surface area contributed by atoms with Crippen LogP contribution in [0.25, 0.3) is 0 Å². The van der Waals surface area contributed by atoms with Crippen molar-refractivity contribution in [3.05, 3.63) is 0 Å². The van der Waals surface area contributed by atoms with Gasteiger partial charge < -0.3 is 14.8 Å². The standard InChI is InChI=1S/C17H38N2O2/c1-7-9-17(4,14-18-10-8-2)15-19(11-12-20-5)16(3)13-21-6/h16,18H,7-15H2,1-6H3. The molecule has 0 aromatic rings. The molecule has 2 unspecified atom stereocenters. The highest BCUT2D eigenvalue weighted by Crippen LogP contribution is 2.25. The van der Waals surface area contributed by atoms with Gasteiger partial charge in [-0.2, -0.15) is 0 Å². The van der Waals surface area contributed by atoms with Crippen molar-refractivity contribution in [1.29, 1.82) is 0 Å². The number of nitrogens with zero attached hydrogens (tertiary/aromatic N) is 1. The number of methoxy groups -OCH3 is 2. The van der Waals surface area contributed by atoms with Gasteiger partial charge in [0.05, 0.1) is 13.2 Å². The van der Waals surface area contributed by atoms with Crippen LogP contribution in [-0.4, -0.2) is 64.6 Å². The van der Waals surface area contributed by atoms with E-state index in [4.69, 9.17) is 9.47 Å². The molecule has 0 saturated heterocycles. The summed E-state index contributed by atoms with van der Waals surface area (Å²) in [4.78, 5) is 2.51. The van der Waals surface area contributed by atoms with Crippen molar-refractivity contribution >= 4 is 0 Å². The van der Waals surface area contributed by atoms with Crippen molar-refractivity contribution in [2.75, 3.05) is 53.6 Å². The summed E-state index contributed by atoms with van der Waals surface area (Å²) in [6, 6.07) is 0.424. The molecule has 21 heavy (non-hydrogen) atoms. The first-order valence-electron chi connectivity index (χ1n) is 8.45. The maximum atomic E-state index is 5.34. The molecular formula is C17H38N2O2. The van der Waals surface area contributed by atoms with E-state index in [1.165, 1.54) is 19.3 Å². The summed E-state index contributed by atoms with van der Waals surface area (Å²) in [5, 5.41) is 3.60. The van der Waals surface area contributed by atoms with Gasteiger partial charge >= 0.3 is 0 Å². The summed E-state index contributed by atoms with van der Waals surface area (Å²) < 4.78 is 10.6. The largest absolute Gasteiger partial charge is 0.383 e. The van der Waals surface area contributed by atoms with E-state index in [-0.39, 0.29) is 0 Å². The topological polar surface area (TPSA) is 33.7 Å². The lowest BCUT2D eigenvalue weighted by molar-refractivity contribution is 0.0444. The summed E-state index contributed by atoms with van der Waals surface area (Å²) in [6.07, 6.45) is 3.66. The smallest absolute Gasteiger partial charge is 0.0615 e. The van der Waals surface area contributed by atoms with E-state index in [0.29, 0.717) is 11.5 Å². The zero-order valence-corrected chi connectivity index (χ0v) is 15.2. The third kappa shape index (κ3) is 9.46. The van der Waals surface area contributed by atoms with Crippen LogP contribution in [0.1, 0.15) is 47.0 Å². The number of ether oxygens (including phenoxy) is 2. The molecule has 0 spiro atoms. The SMILES string of the molecule is CCCNCC(C)(CCC)CN(CCOC)C(C)COC. The number of hydrogen-bond acceptors (Lipinski definition) is 4. The van der Waals surface area contributed by atoms with Crippen molar-refractivity contribution in [1.82, 2.24) is 10.2 Å². The van der Waals surface area contributed by atoms with Crippen LogP contribution in [0.3, 0.4) is 0 Å². The first-order valence-corrected chi connectivity index (χ1v) is 8.45. The summed E-state index contributed by atoms with van der Waals surface area (Å²) in [7, 11) is 3.55. The molecule has 0 aromatic heterocycles. The fourth-order valence-electron chi connectivity index (χ4n) is 2.89. The van der Waals surface area contributed by atoms with Gasteiger partial charge in [0.15, 0.2) is 0 Å². The van der Waals surface area contributed by atoms with Gasteiger partial charge in [0, 0.05) is 39.9 Å². The van der Waals surface area contributed by atoms with E-state index in [2.05, 4.69) is 37.9 Å². The van der Waals surface area contributed by atoms with E-state index in [0.717, 1.165) is 39.4 Å². The van der Waals surface area contributed by atoms with E-state index in [9.17, 15) is 0 Å². The highest BCUT2D eigenvalue weighted by Gasteiger charge is 2.28.